The number of aromatic nitrogens is 8. The predicted molar refractivity (Wildman–Crippen MR) is 377 cm³/mol. The van der Waals surface area contributed by atoms with E-state index in [0.717, 1.165) is 134 Å². The fourth-order valence-corrected chi connectivity index (χ4v) is 12.0. The molecule has 92 heavy (non-hydrogen) atoms. The van der Waals surface area contributed by atoms with E-state index >= 15 is 0 Å². The lowest BCUT2D eigenvalue weighted by Gasteiger charge is -2.10. The van der Waals surface area contributed by atoms with Crippen molar-refractivity contribution in [3.05, 3.63) is 328 Å². The summed E-state index contributed by atoms with van der Waals surface area (Å²) >= 11 is 0. The van der Waals surface area contributed by atoms with Gasteiger partial charge in [0.15, 0.2) is 11.6 Å². The molecule has 0 unspecified atom stereocenters. The molecule has 6 heterocycles. The summed E-state index contributed by atoms with van der Waals surface area (Å²) in [6.07, 6.45) is 0. The summed E-state index contributed by atoms with van der Waals surface area (Å²) in [5.41, 5.74) is 21.1. The second kappa shape index (κ2) is 24.2. The minimum absolute atomic E-state index is 0.672. The van der Waals surface area contributed by atoms with Crippen LogP contribution in [0.2, 0.25) is 0 Å². The van der Waals surface area contributed by atoms with Crippen molar-refractivity contribution in [1.29, 1.82) is 0 Å². The normalized spacial score (nSPS) is 11.3. The van der Waals surface area contributed by atoms with E-state index in [1.165, 1.54) is 21.9 Å². The second-order valence-corrected chi connectivity index (χ2v) is 22.7. The first-order valence-corrected chi connectivity index (χ1v) is 30.7. The zero-order valence-corrected chi connectivity index (χ0v) is 49.8. The highest BCUT2D eigenvalue weighted by atomic mass is 14.9. The molecular weight excluding hydrogens is 1120 g/mol. The predicted octanol–water partition coefficient (Wildman–Crippen LogP) is 21.0. The van der Waals surface area contributed by atoms with Gasteiger partial charge in [0.2, 0.25) is 0 Å². The van der Waals surface area contributed by atoms with E-state index in [4.69, 9.17) is 39.9 Å². The van der Waals surface area contributed by atoms with Crippen LogP contribution in [-0.2, 0) is 0 Å². The van der Waals surface area contributed by atoms with E-state index in [2.05, 4.69) is 200 Å². The summed E-state index contributed by atoms with van der Waals surface area (Å²) < 4.78 is 0. The van der Waals surface area contributed by atoms with Crippen LogP contribution in [0.15, 0.2) is 328 Å². The van der Waals surface area contributed by atoms with Gasteiger partial charge in [-0.3, -0.25) is 0 Å². The van der Waals surface area contributed by atoms with Gasteiger partial charge in [-0.05, 0) is 93.7 Å². The Morgan fingerprint density at radius 1 is 0.152 bits per heavy atom. The minimum Gasteiger partial charge on any atom is -0.248 e. The van der Waals surface area contributed by atoms with Gasteiger partial charge >= 0.3 is 0 Å². The van der Waals surface area contributed by atoms with Crippen LogP contribution >= 0.6 is 0 Å². The van der Waals surface area contributed by atoms with Crippen LogP contribution < -0.4 is 0 Å². The average molecular weight is 1180 g/mol. The molecule has 430 valence electrons. The van der Waals surface area contributed by atoms with Crippen molar-refractivity contribution in [3.8, 4) is 113 Å². The lowest BCUT2D eigenvalue weighted by molar-refractivity contribution is 1.17. The number of fused-ring (bicyclic) bond motifs is 5. The maximum absolute atomic E-state index is 5.14. The van der Waals surface area contributed by atoms with Crippen LogP contribution in [0.5, 0.6) is 0 Å². The van der Waals surface area contributed by atoms with E-state index in [0.29, 0.717) is 11.6 Å². The van der Waals surface area contributed by atoms with Gasteiger partial charge in [0.25, 0.3) is 0 Å². The van der Waals surface area contributed by atoms with Gasteiger partial charge in [-0.1, -0.05) is 267 Å². The third kappa shape index (κ3) is 11.3. The topological polar surface area (TPSA) is 103 Å². The molecule has 0 fully saturated rings. The molecule has 0 radical (unpaired) electrons. The average Bonchev–Trinajstić information content (AvgIpc) is 1.01. The zero-order valence-electron chi connectivity index (χ0n) is 49.8. The quantitative estimate of drug-likeness (QED) is 0.133. The SMILES string of the molecule is c1ccc(-c2cc(-c3ccc4ccc(-c5ccc6ccc(-c7cccc8ccccc78)cc6n5)cc4n3)nc(-c3ccccc3)n2)cc1.c1ccc(-c2ccc3ccc(-c4ccc5ccc(-c6cc(-c7ccccc7)nc(-c7ccccc7)n6)nc5c4)nc3c2)cc1. The van der Waals surface area contributed by atoms with Crippen molar-refractivity contribution in [2.24, 2.45) is 0 Å². The zero-order chi connectivity index (χ0) is 61.2. The maximum Gasteiger partial charge on any atom is 0.160 e. The number of hydrogen-bond donors (Lipinski definition) is 0. The Labute approximate surface area is 531 Å². The number of hydrogen-bond acceptors (Lipinski definition) is 8. The molecular formula is C84H54N8. The van der Waals surface area contributed by atoms with Crippen LogP contribution in [0.25, 0.3) is 167 Å². The number of nitrogens with zero attached hydrogens (tertiary/aromatic N) is 8. The van der Waals surface area contributed by atoms with Gasteiger partial charge in [-0.15, -0.1) is 0 Å². The van der Waals surface area contributed by atoms with Gasteiger partial charge in [-0.25, -0.2) is 39.9 Å². The van der Waals surface area contributed by atoms with Gasteiger partial charge in [-0.2, -0.15) is 0 Å². The molecule has 17 aromatic rings. The minimum atomic E-state index is 0.672. The molecule has 0 amide bonds. The van der Waals surface area contributed by atoms with Gasteiger partial charge in [0, 0.05) is 54.9 Å². The molecule has 0 bridgehead atoms. The Morgan fingerprint density at radius 3 is 0.946 bits per heavy atom. The van der Waals surface area contributed by atoms with E-state index < -0.39 is 0 Å². The molecule has 8 nitrogen and oxygen atoms in total. The Morgan fingerprint density at radius 2 is 0.478 bits per heavy atom. The van der Waals surface area contributed by atoms with Crippen molar-refractivity contribution < 1.29 is 0 Å². The smallest absolute Gasteiger partial charge is 0.160 e. The first kappa shape index (κ1) is 54.8. The molecule has 0 atom stereocenters. The highest BCUT2D eigenvalue weighted by molar-refractivity contribution is 5.99. The molecule has 6 aromatic heterocycles. The molecule has 0 aliphatic rings. The monoisotopic (exact) mass is 1170 g/mol. The van der Waals surface area contributed by atoms with Gasteiger partial charge in [0.05, 0.1) is 67.6 Å². The van der Waals surface area contributed by atoms with Crippen molar-refractivity contribution in [3.63, 3.8) is 0 Å². The number of rotatable bonds is 10. The van der Waals surface area contributed by atoms with Crippen molar-refractivity contribution in [1.82, 2.24) is 39.9 Å². The lowest BCUT2D eigenvalue weighted by atomic mass is 9.97. The third-order valence-corrected chi connectivity index (χ3v) is 16.7. The number of benzene rings is 11. The molecule has 8 heteroatoms. The summed E-state index contributed by atoms with van der Waals surface area (Å²) in [5.74, 6) is 1.35. The number of pyridine rings is 4. The Kier molecular flexibility index (Phi) is 14.4. The van der Waals surface area contributed by atoms with Crippen LogP contribution in [0.4, 0.5) is 0 Å². The molecule has 11 aromatic carbocycles. The van der Waals surface area contributed by atoms with Crippen LogP contribution in [-0.4, -0.2) is 39.9 Å². The van der Waals surface area contributed by atoms with Crippen molar-refractivity contribution in [2.45, 2.75) is 0 Å². The van der Waals surface area contributed by atoms with Crippen molar-refractivity contribution in [2.75, 3.05) is 0 Å². The first-order valence-electron chi connectivity index (χ1n) is 30.7. The highest BCUT2D eigenvalue weighted by Gasteiger charge is 2.16. The second-order valence-electron chi connectivity index (χ2n) is 22.7. The molecule has 0 saturated heterocycles. The fourth-order valence-electron chi connectivity index (χ4n) is 12.0. The Balaban J connectivity index is 0.000000147. The summed E-state index contributed by atoms with van der Waals surface area (Å²) in [7, 11) is 0. The molecule has 0 aliphatic heterocycles. The summed E-state index contributed by atoms with van der Waals surface area (Å²) in [6, 6.07) is 112. The molecule has 17 rings (SSSR count). The molecule has 0 saturated carbocycles. The van der Waals surface area contributed by atoms with Gasteiger partial charge in [0.1, 0.15) is 0 Å². The van der Waals surface area contributed by atoms with E-state index in [1.807, 2.05) is 127 Å². The first-order chi connectivity index (χ1) is 45.5. The fraction of sp³-hybridized carbons (Fsp3) is 0. The Bertz CT molecular complexity index is 5450. The van der Waals surface area contributed by atoms with Crippen molar-refractivity contribution >= 4 is 54.4 Å². The van der Waals surface area contributed by atoms with E-state index in [1.54, 1.807) is 0 Å². The Hall–Kier alpha value is -12.5. The summed E-state index contributed by atoms with van der Waals surface area (Å²) in [6.45, 7) is 0. The summed E-state index contributed by atoms with van der Waals surface area (Å²) in [5, 5.41) is 6.81. The van der Waals surface area contributed by atoms with Crippen LogP contribution in [0, 0.1) is 0 Å². The maximum atomic E-state index is 5.14. The molecule has 0 N–H and O–H groups in total. The van der Waals surface area contributed by atoms with Crippen LogP contribution in [0.1, 0.15) is 0 Å². The highest BCUT2D eigenvalue weighted by Crippen LogP contribution is 2.35. The van der Waals surface area contributed by atoms with E-state index in [9.17, 15) is 0 Å². The lowest BCUT2D eigenvalue weighted by Crippen LogP contribution is -1.97. The molecule has 0 spiro atoms. The molecule has 0 aliphatic carbocycles. The van der Waals surface area contributed by atoms with Crippen LogP contribution in [0.3, 0.4) is 0 Å². The van der Waals surface area contributed by atoms with E-state index in [-0.39, 0.29) is 0 Å². The van der Waals surface area contributed by atoms with Gasteiger partial charge < -0.3 is 0 Å². The largest absolute Gasteiger partial charge is 0.248 e. The standard InChI is InChI=1S/C44H28N4.C40H26N4/c1-3-11-30(12-4-1)42-28-43(48-44(47-42)33-13-5-2-6-14-33)39-25-23-32-19-21-35(27-41(32)46-39)38-24-22-31-18-20-34(26-40(31)45-38)37-17-9-15-29-10-7-8-16-36(29)37;1-4-10-27(11-5-1)32-18-16-29-20-22-34(41-36(29)24-32)33-19-17-30-21-23-35(42-37(30)25-33)39-26-38(28-12-6-2-7-13-28)43-40(44-39)31-14-8-3-9-15-31/h1-28H;1-26H. The third-order valence-electron chi connectivity index (χ3n) is 16.7. The summed E-state index contributed by atoms with van der Waals surface area (Å²) in [4.78, 5) is 40.2.